The third-order valence-electron chi connectivity index (χ3n) is 17.4. The first-order valence-corrected chi connectivity index (χ1v) is 34.7. The third-order valence-corrected chi connectivity index (χ3v) is 17.6. The number of fused-ring (bicyclic) bond motifs is 1. The van der Waals surface area contributed by atoms with Gasteiger partial charge in [-0.25, -0.2) is 4.79 Å². The molecule has 1 aliphatic heterocycles. The van der Waals surface area contributed by atoms with Gasteiger partial charge in [-0.1, -0.05) is 98.2 Å². The van der Waals surface area contributed by atoms with E-state index in [-0.39, 0.29) is 108 Å². The van der Waals surface area contributed by atoms with Crippen molar-refractivity contribution in [1.82, 2.24) is 62.6 Å². The molecule has 1 aliphatic rings. The molecular weight excluding hydrogens is 1360 g/mol. The van der Waals surface area contributed by atoms with Crippen LogP contribution in [-0.2, 0) is 78.4 Å². The van der Waals surface area contributed by atoms with Gasteiger partial charge in [-0.15, -0.1) is 0 Å². The quantitative estimate of drug-likeness (QED) is 0.0140. The van der Waals surface area contributed by atoms with E-state index in [1.165, 1.54) is 62.5 Å². The Bertz CT molecular complexity index is 3830. The molecule has 560 valence electrons. The first kappa shape index (κ1) is 82.0. The zero-order valence-electron chi connectivity index (χ0n) is 58.9. The maximum atomic E-state index is 15.2. The summed E-state index contributed by atoms with van der Waals surface area (Å²) in [5, 5.41) is 47.5. The number of carbonyl (C=O) groups excluding carboxylic acids is 12. The number of aromatic nitrogens is 1. The summed E-state index contributed by atoms with van der Waals surface area (Å²) in [4.78, 5) is 178. The van der Waals surface area contributed by atoms with Crippen molar-refractivity contribution in [2.24, 2.45) is 33.8 Å². The van der Waals surface area contributed by atoms with Crippen molar-refractivity contribution >= 4 is 99.3 Å². The maximum absolute atomic E-state index is 15.2. The van der Waals surface area contributed by atoms with Crippen LogP contribution < -0.4 is 70.8 Å². The first-order valence-electron chi connectivity index (χ1n) is 34.3. The van der Waals surface area contributed by atoms with Gasteiger partial charge in [-0.2, -0.15) is 0 Å². The summed E-state index contributed by atoms with van der Waals surface area (Å²) >= 11 is 6.24. The van der Waals surface area contributed by atoms with Gasteiger partial charge in [0.25, 0.3) is 0 Å². The minimum atomic E-state index is -1.83. The van der Waals surface area contributed by atoms with Gasteiger partial charge in [-0.3, -0.25) is 62.7 Å². The van der Waals surface area contributed by atoms with E-state index in [4.69, 9.17) is 34.5 Å². The van der Waals surface area contributed by atoms with E-state index >= 15 is 4.79 Å². The number of likely N-dealkylation sites (N-methyl/N-ethyl adjacent to an activating group) is 1. The zero-order chi connectivity index (χ0) is 76.2. The van der Waals surface area contributed by atoms with Crippen molar-refractivity contribution in [1.29, 1.82) is 0 Å². The molecule has 0 radical (unpaired) electrons. The number of guanidine groups is 1. The minimum Gasteiger partial charge on any atom is -0.508 e. The molecule has 0 unspecified atom stereocenters. The number of nitrogens with zero attached hydrogens (tertiary/aromatic N) is 4. The molecule has 5 aromatic rings. The number of aromatic hydroxyl groups is 1. The molecule has 32 heteroatoms. The fourth-order valence-corrected chi connectivity index (χ4v) is 12.0. The number of rotatable bonds is 39. The number of benzene rings is 4. The number of carbonyl (C=O) groups is 12. The standard InChI is InChI=1S/C72H96ClN17O14/c1-41(2)33-54(63(96)84-53(17-11-31-79-71(75)76)70(103)90-32-12-18-59(90)67(100)81-42(3)61(74)94)85-62(95)52(16-8-9-30-80-72(77)104)83-68(101)60(38-45-22-27-51(93)28-23-45)89(5)69(102)58(40-91)88-66(99)57(37-47-13-10-29-78-39-47)87-65(98)56(35-44-20-25-50(73)26-21-44)86-64(97)55(82-43(4)92)36-46-19-24-48-14-6-7-15-49(48)34-46/h6-7,10,13-15,19-29,34,39,41-42,52-60,91,93H,8-9,11-12,16-18,30-33,35-38,40H2,1-5H3,(H2,74,94)(H,81,100)(H,82,92)(H,83,101)(H,84,96)(H,85,95)(H,86,97)(H,87,98)(H,88,99)(H4,75,76,79)(H3,77,80,104)/t42-,52-,53+,54+,55-,56-,57-,58+,59+,60+/m1/s1. The molecule has 2 heterocycles. The van der Waals surface area contributed by atoms with Crippen molar-refractivity contribution in [3.05, 3.63) is 143 Å². The van der Waals surface area contributed by atoms with E-state index in [0.717, 1.165) is 15.7 Å². The fourth-order valence-electron chi connectivity index (χ4n) is 11.9. The van der Waals surface area contributed by atoms with Crippen LogP contribution in [0.2, 0.25) is 5.02 Å². The summed E-state index contributed by atoms with van der Waals surface area (Å²) < 4.78 is 0. The number of urea groups is 1. The molecule has 10 atom stereocenters. The van der Waals surface area contributed by atoms with Crippen molar-refractivity contribution in [3.8, 4) is 5.75 Å². The van der Waals surface area contributed by atoms with Crippen LogP contribution >= 0.6 is 11.6 Å². The Balaban J connectivity index is 1.28. The number of primary amides is 2. The predicted molar refractivity (Wildman–Crippen MR) is 388 cm³/mol. The Morgan fingerprint density at radius 1 is 0.606 bits per heavy atom. The Morgan fingerprint density at radius 2 is 1.15 bits per heavy atom. The lowest BCUT2D eigenvalue weighted by Crippen LogP contribution is -2.62. The Hall–Kier alpha value is -10.9. The van der Waals surface area contributed by atoms with Crippen LogP contribution in [0.15, 0.2) is 121 Å². The average Bonchev–Trinajstić information content (AvgIpc) is 1.54. The second-order valence-corrected chi connectivity index (χ2v) is 26.5. The largest absolute Gasteiger partial charge is 0.508 e. The first-order chi connectivity index (χ1) is 49.5. The number of phenols is 1. The predicted octanol–water partition coefficient (Wildman–Crippen LogP) is 0.0165. The van der Waals surface area contributed by atoms with Crippen LogP contribution in [-0.4, -0.2) is 196 Å². The Labute approximate surface area is 607 Å². The van der Waals surface area contributed by atoms with Gasteiger partial charge in [0.05, 0.1) is 6.61 Å². The summed E-state index contributed by atoms with van der Waals surface area (Å²) in [5.41, 5.74) is 23.9. The number of aliphatic imine (C=N–C) groups is 1. The van der Waals surface area contributed by atoms with E-state index in [1.807, 2.05) is 42.5 Å². The molecule has 0 aliphatic carbocycles. The summed E-state index contributed by atoms with van der Waals surface area (Å²) in [6.45, 7) is 5.37. The molecule has 31 nitrogen and oxygen atoms in total. The topological polar surface area (TPSA) is 489 Å². The number of phenolic OH excluding ortho intramolecular Hbond substituents is 1. The van der Waals surface area contributed by atoms with Gasteiger partial charge < -0.3 is 90.8 Å². The molecule has 13 amide bonds. The van der Waals surface area contributed by atoms with Gasteiger partial charge in [0.15, 0.2) is 5.96 Å². The maximum Gasteiger partial charge on any atom is 0.312 e. The molecule has 6 rings (SSSR count). The van der Waals surface area contributed by atoms with Gasteiger partial charge >= 0.3 is 6.03 Å². The molecular formula is C72H96ClN17O14. The molecule has 1 saturated heterocycles. The highest BCUT2D eigenvalue weighted by atomic mass is 35.5. The molecule has 0 spiro atoms. The number of unbranched alkanes of at least 4 members (excludes halogenated alkanes) is 1. The number of likely N-dealkylation sites (tertiary alicyclic amines) is 1. The van der Waals surface area contributed by atoms with Crippen LogP contribution in [0.3, 0.4) is 0 Å². The molecule has 0 saturated carbocycles. The lowest BCUT2D eigenvalue weighted by Gasteiger charge is -2.33. The van der Waals surface area contributed by atoms with Crippen LogP contribution in [0.25, 0.3) is 10.8 Å². The number of halogens is 1. The Kier molecular flexibility index (Phi) is 32.0. The number of aliphatic hydroxyl groups is 1. The van der Waals surface area contributed by atoms with E-state index in [2.05, 4.69) is 57.8 Å². The normalized spacial score (nSPS) is 15.2. The van der Waals surface area contributed by atoms with Gasteiger partial charge in [0.1, 0.15) is 66.2 Å². The Morgan fingerprint density at radius 3 is 1.76 bits per heavy atom. The monoisotopic (exact) mass is 1460 g/mol. The van der Waals surface area contributed by atoms with Crippen LogP contribution in [0, 0.1) is 5.92 Å². The molecule has 4 aromatic carbocycles. The summed E-state index contributed by atoms with van der Waals surface area (Å²) in [6.07, 6.45) is 3.28. The van der Waals surface area contributed by atoms with Crippen LogP contribution in [0.4, 0.5) is 4.79 Å². The number of amides is 13. The van der Waals surface area contributed by atoms with E-state index < -0.39 is 138 Å². The van der Waals surface area contributed by atoms with Gasteiger partial charge in [-0.05, 0) is 128 Å². The van der Waals surface area contributed by atoms with Gasteiger partial charge in [0, 0.05) is 76.7 Å². The number of hydrogen-bond donors (Lipinski definition) is 15. The SMILES string of the molecule is CC(=O)N[C@H](Cc1ccc2ccccc2c1)C(=O)N[C@H](Cc1ccc(Cl)cc1)C(=O)N[C@H](Cc1cccnc1)C(=O)N[C@@H](CO)C(=O)N(C)[C@@H](Cc1ccc(O)cc1)C(=O)N[C@H](CCCCNC(N)=O)C(=O)N[C@@H](CC(C)C)C(=O)N[C@@H](CCCN=C(N)N)C(=O)N1CCC[C@H]1C(=O)N[C@H](C)C(N)=O. The molecule has 1 fully saturated rings. The zero-order valence-corrected chi connectivity index (χ0v) is 59.7. The second kappa shape index (κ2) is 40.6. The highest BCUT2D eigenvalue weighted by Gasteiger charge is 2.41. The number of hydrogen-bond acceptors (Lipinski definition) is 16. The van der Waals surface area contributed by atoms with Crippen LogP contribution in [0.5, 0.6) is 5.75 Å². The van der Waals surface area contributed by atoms with Crippen LogP contribution in [0.1, 0.15) is 101 Å². The minimum absolute atomic E-state index is 0.00851. The van der Waals surface area contributed by atoms with E-state index in [9.17, 15) is 63.0 Å². The summed E-state index contributed by atoms with van der Waals surface area (Å²) in [7, 11) is 1.22. The van der Waals surface area contributed by atoms with Crippen molar-refractivity contribution in [3.63, 3.8) is 0 Å². The number of nitrogens with two attached hydrogens (primary N) is 4. The van der Waals surface area contributed by atoms with Gasteiger partial charge in [0.2, 0.25) is 65.0 Å². The lowest BCUT2D eigenvalue weighted by molar-refractivity contribution is -0.144. The second-order valence-electron chi connectivity index (χ2n) is 26.1. The van der Waals surface area contributed by atoms with Crippen molar-refractivity contribution < 1.29 is 67.7 Å². The molecule has 0 bridgehead atoms. The highest BCUT2D eigenvalue weighted by Crippen LogP contribution is 2.23. The van der Waals surface area contributed by atoms with Crippen molar-refractivity contribution in [2.45, 2.75) is 165 Å². The summed E-state index contributed by atoms with van der Waals surface area (Å²) in [6, 6.07) is 13.9. The average molecular weight is 1460 g/mol. The smallest absolute Gasteiger partial charge is 0.312 e. The lowest BCUT2D eigenvalue weighted by atomic mass is 9.99. The van der Waals surface area contributed by atoms with E-state index in [0.29, 0.717) is 33.7 Å². The molecule has 19 N–H and O–H groups in total. The number of pyridine rings is 1. The fraction of sp³-hybridized carbons (Fsp3) is 0.444. The third kappa shape index (κ3) is 26.1. The highest BCUT2D eigenvalue weighted by molar-refractivity contribution is 6.30. The molecule has 104 heavy (non-hydrogen) atoms. The summed E-state index contributed by atoms with van der Waals surface area (Å²) in [5.74, 6) is -9.53. The van der Waals surface area contributed by atoms with Crippen molar-refractivity contribution in [2.75, 3.05) is 33.3 Å². The van der Waals surface area contributed by atoms with E-state index in [1.54, 1.807) is 50.2 Å². The molecule has 1 aromatic heterocycles. The number of aliphatic hydroxyl groups excluding tert-OH is 1. The number of nitrogens with one attached hydrogen (secondary N) is 9.